The Morgan fingerprint density at radius 2 is 2.09 bits per heavy atom. The van der Waals surface area contributed by atoms with E-state index in [4.69, 9.17) is 13.9 Å². The molecule has 0 saturated carbocycles. The van der Waals surface area contributed by atoms with E-state index in [0.717, 1.165) is 23.8 Å². The van der Waals surface area contributed by atoms with Gasteiger partial charge in [0.2, 0.25) is 0 Å². The van der Waals surface area contributed by atoms with E-state index in [0.29, 0.717) is 23.7 Å². The second-order valence-electron chi connectivity index (χ2n) is 6.03. The maximum absolute atomic E-state index is 11.5. The summed E-state index contributed by atoms with van der Waals surface area (Å²) in [5, 5.41) is 0.831. The molecular formula is C18H20O4. The van der Waals surface area contributed by atoms with Crippen LogP contribution < -0.4 is 15.1 Å². The van der Waals surface area contributed by atoms with Gasteiger partial charge in [0, 0.05) is 11.5 Å². The van der Waals surface area contributed by atoms with Crippen molar-refractivity contribution in [1.82, 2.24) is 0 Å². The fourth-order valence-corrected chi connectivity index (χ4v) is 2.47. The summed E-state index contributed by atoms with van der Waals surface area (Å²) in [4.78, 5) is 11.5. The van der Waals surface area contributed by atoms with Gasteiger partial charge in [0.25, 0.3) is 0 Å². The van der Waals surface area contributed by atoms with Crippen LogP contribution in [0.4, 0.5) is 0 Å². The largest absolute Gasteiger partial charge is 0.490 e. The van der Waals surface area contributed by atoms with Gasteiger partial charge in [-0.15, -0.1) is 0 Å². The van der Waals surface area contributed by atoms with Crippen LogP contribution in [-0.4, -0.2) is 12.2 Å². The van der Waals surface area contributed by atoms with E-state index < -0.39 is 5.60 Å². The molecule has 1 aliphatic rings. The number of hydrogen-bond acceptors (Lipinski definition) is 4. The first kappa shape index (κ1) is 14.7. The smallest absolute Gasteiger partial charge is 0.336 e. The van der Waals surface area contributed by atoms with E-state index in [1.165, 1.54) is 6.07 Å². The van der Waals surface area contributed by atoms with Crippen LogP contribution in [0.3, 0.4) is 0 Å². The molecule has 4 heteroatoms. The minimum atomic E-state index is -0.418. The first-order valence-corrected chi connectivity index (χ1v) is 7.62. The Morgan fingerprint density at radius 3 is 2.86 bits per heavy atom. The summed E-state index contributed by atoms with van der Waals surface area (Å²) >= 11 is 0. The second kappa shape index (κ2) is 5.52. The van der Waals surface area contributed by atoms with Gasteiger partial charge in [0.1, 0.15) is 11.2 Å². The molecule has 0 aliphatic carbocycles. The minimum absolute atomic E-state index is 0.368. The maximum atomic E-state index is 11.5. The van der Waals surface area contributed by atoms with Gasteiger partial charge < -0.3 is 13.9 Å². The molecule has 2 heterocycles. The van der Waals surface area contributed by atoms with Crippen molar-refractivity contribution in [3.8, 4) is 11.5 Å². The molecule has 0 radical (unpaired) electrons. The average Bonchev–Trinajstić information content (AvgIpc) is 2.47. The van der Waals surface area contributed by atoms with Gasteiger partial charge in [-0.05, 0) is 44.6 Å². The summed E-state index contributed by atoms with van der Waals surface area (Å²) in [6.07, 6.45) is 5.95. The molecule has 22 heavy (non-hydrogen) atoms. The van der Waals surface area contributed by atoms with Gasteiger partial charge in [0.05, 0.1) is 12.2 Å². The molecule has 1 aromatic carbocycles. The lowest BCUT2D eigenvalue weighted by Gasteiger charge is -2.29. The van der Waals surface area contributed by atoms with Gasteiger partial charge in [0.15, 0.2) is 11.5 Å². The summed E-state index contributed by atoms with van der Waals surface area (Å²) < 4.78 is 17.3. The van der Waals surface area contributed by atoms with Gasteiger partial charge in [-0.2, -0.15) is 0 Å². The van der Waals surface area contributed by atoms with Crippen LogP contribution >= 0.6 is 0 Å². The minimum Gasteiger partial charge on any atom is -0.490 e. The molecule has 0 atom stereocenters. The highest BCUT2D eigenvalue weighted by Crippen LogP contribution is 2.43. The van der Waals surface area contributed by atoms with Crippen molar-refractivity contribution < 1.29 is 13.9 Å². The van der Waals surface area contributed by atoms with Gasteiger partial charge in [-0.3, -0.25) is 0 Å². The van der Waals surface area contributed by atoms with Crippen LogP contribution in [-0.2, 0) is 0 Å². The van der Waals surface area contributed by atoms with Crippen LogP contribution in [0.15, 0.2) is 33.5 Å². The molecule has 3 rings (SSSR count). The topological polar surface area (TPSA) is 48.7 Å². The lowest BCUT2D eigenvalue weighted by molar-refractivity contribution is 0.149. The molecule has 0 spiro atoms. The van der Waals surface area contributed by atoms with Crippen molar-refractivity contribution in [2.24, 2.45) is 0 Å². The quantitative estimate of drug-likeness (QED) is 0.628. The summed E-state index contributed by atoms with van der Waals surface area (Å²) in [5.74, 6) is 1.34. The van der Waals surface area contributed by atoms with Crippen LogP contribution in [0, 0.1) is 0 Å². The van der Waals surface area contributed by atoms with Gasteiger partial charge >= 0.3 is 5.63 Å². The first-order valence-electron chi connectivity index (χ1n) is 7.62. The van der Waals surface area contributed by atoms with Crippen molar-refractivity contribution in [2.45, 2.75) is 39.2 Å². The maximum Gasteiger partial charge on any atom is 0.336 e. The van der Waals surface area contributed by atoms with Crippen molar-refractivity contribution >= 4 is 17.0 Å². The van der Waals surface area contributed by atoms with E-state index >= 15 is 0 Å². The lowest BCUT2D eigenvalue weighted by Crippen LogP contribution is -2.28. The number of rotatable bonds is 4. The van der Waals surface area contributed by atoms with Gasteiger partial charge in [-0.25, -0.2) is 4.79 Å². The summed E-state index contributed by atoms with van der Waals surface area (Å²) in [6, 6.07) is 5.05. The summed E-state index contributed by atoms with van der Waals surface area (Å²) in [6.45, 7) is 6.72. The third kappa shape index (κ3) is 2.73. The molecule has 4 nitrogen and oxygen atoms in total. The second-order valence-corrected chi connectivity index (χ2v) is 6.03. The molecule has 0 amide bonds. The molecule has 1 aromatic heterocycles. The van der Waals surface area contributed by atoms with Crippen molar-refractivity contribution in [1.29, 1.82) is 0 Å². The fourth-order valence-electron chi connectivity index (χ4n) is 2.47. The number of benzene rings is 1. The summed E-state index contributed by atoms with van der Waals surface area (Å²) in [7, 11) is 0. The zero-order valence-corrected chi connectivity index (χ0v) is 13.1. The van der Waals surface area contributed by atoms with Crippen molar-refractivity contribution in [3.63, 3.8) is 0 Å². The third-order valence-corrected chi connectivity index (χ3v) is 3.64. The van der Waals surface area contributed by atoms with Crippen molar-refractivity contribution in [2.75, 3.05) is 6.61 Å². The Balaban J connectivity index is 2.17. The van der Waals surface area contributed by atoms with E-state index in [1.54, 1.807) is 6.07 Å². The number of ether oxygens (including phenoxy) is 2. The normalized spacial score (nSPS) is 15.4. The van der Waals surface area contributed by atoms with Crippen LogP contribution in [0.25, 0.3) is 17.0 Å². The molecule has 2 aromatic rings. The highest BCUT2D eigenvalue weighted by atomic mass is 16.5. The molecule has 0 N–H and O–H groups in total. The molecule has 1 aliphatic heterocycles. The van der Waals surface area contributed by atoms with Crippen molar-refractivity contribution in [3.05, 3.63) is 40.3 Å². The van der Waals surface area contributed by atoms with E-state index in [2.05, 4.69) is 6.92 Å². The Labute approximate surface area is 129 Å². The average molecular weight is 300 g/mol. The molecular weight excluding hydrogens is 280 g/mol. The standard InChI is InChI=1S/C18H20O4/c1-4-5-10-20-14-11-12-6-7-15(19)21-16(12)13-8-9-18(2,3)22-17(13)14/h6-9,11H,4-5,10H2,1-3H3. The van der Waals surface area contributed by atoms with E-state index in [9.17, 15) is 4.79 Å². The van der Waals surface area contributed by atoms with E-state index in [1.807, 2.05) is 32.1 Å². The lowest BCUT2D eigenvalue weighted by atomic mass is 10.00. The molecule has 0 bridgehead atoms. The zero-order valence-electron chi connectivity index (χ0n) is 13.1. The number of fused-ring (bicyclic) bond motifs is 3. The third-order valence-electron chi connectivity index (χ3n) is 3.64. The monoisotopic (exact) mass is 300 g/mol. The number of hydrogen-bond donors (Lipinski definition) is 0. The van der Waals surface area contributed by atoms with Gasteiger partial charge in [-0.1, -0.05) is 13.3 Å². The summed E-state index contributed by atoms with van der Waals surface area (Å²) in [5.41, 5.74) is 0.518. The SMILES string of the molecule is CCCCOc1cc2ccc(=O)oc2c2c1OC(C)(C)C=C2. The predicted molar refractivity (Wildman–Crippen MR) is 86.6 cm³/mol. The molecule has 0 saturated heterocycles. The number of unbranched alkanes of at least 4 members (excludes halogenated alkanes) is 1. The fraction of sp³-hybridized carbons (Fsp3) is 0.389. The Kier molecular flexibility index (Phi) is 3.69. The predicted octanol–water partition coefficient (Wildman–Crippen LogP) is 4.16. The van der Waals surface area contributed by atoms with Crippen LogP contribution in [0.2, 0.25) is 0 Å². The molecule has 0 unspecified atom stereocenters. The first-order chi connectivity index (χ1) is 10.5. The zero-order chi connectivity index (χ0) is 15.7. The van der Waals surface area contributed by atoms with Crippen LogP contribution in [0.1, 0.15) is 39.2 Å². The molecule has 0 fully saturated rings. The van der Waals surface area contributed by atoms with Crippen LogP contribution in [0.5, 0.6) is 11.5 Å². The molecule has 116 valence electrons. The highest BCUT2D eigenvalue weighted by Gasteiger charge is 2.27. The Morgan fingerprint density at radius 1 is 1.27 bits per heavy atom. The highest BCUT2D eigenvalue weighted by molar-refractivity contribution is 5.91. The Bertz CT molecular complexity index is 784. The van der Waals surface area contributed by atoms with E-state index in [-0.39, 0.29) is 5.63 Å². The Hall–Kier alpha value is -2.23.